The molecule has 0 atom stereocenters. The summed E-state index contributed by atoms with van der Waals surface area (Å²) in [6.45, 7) is 4.93. The van der Waals surface area contributed by atoms with Crippen molar-refractivity contribution in [3.8, 4) is 11.5 Å². The van der Waals surface area contributed by atoms with E-state index in [0.29, 0.717) is 13.2 Å². The summed E-state index contributed by atoms with van der Waals surface area (Å²) in [5.74, 6) is 1.69. The molecule has 17 heavy (non-hydrogen) atoms. The predicted octanol–water partition coefficient (Wildman–Crippen LogP) is 1.83. The van der Waals surface area contributed by atoms with Crippen LogP contribution in [0.5, 0.6) is 11.5 Å². The highest BCUT2D eigenvalue weighted by atomic mass is 16.5. The Kier molecular flexibility index (Phi) is 6.43. The van der Waals surface area contributed by atoms with Crippen LogP contribution < -0.4 is 14.8 Å². The molecule has 0 bridgehead atoms. The normalized spacial score (nSPS) is 10.3. The van der Waals surface area contributed by atoms with Gasteiger partial charge in [-0.3, -0.25) is 0 Å². The highest BCUT2D eigenvalue weighted by Gasteiger charge is 2.05. The first-order valence-corrected chi connectivity index (χ1v) is 5.81. The van der Waals surface area contributed by atoms with Crippen LogP contribution in [0, 0.1) is 0 Å². The highest BCUT2D eigenvalue weighted by Crippen LogP contribution is 2.24. The van der Waals surface area contributed by atoms with Crippen molar-refractivity contribution >= 4 is 0 Å². The summed E-state index contributed by atoms with van der Waals surface area (Å²) in [7, 11) is 3.35. The van der Waals surface area contributed by atoms with Crippen molar-refractivity contribution in [1.82, 2.24) is 5.32 Å². The summed E-state index contributed by atoms with van der Waals surface area (Å²) in [6.07, 6.45) is 0. The zero-order valence-corrected chi connectivity index (χ0v) is 10.8. The van der Waals surface area contributed by atoms with E-state index < -0.39 is 0 Å². The van der Waals surface area contributed by atoms with Crippen LogP contribution in [0.2, 0.25) is 0 Å². The van der Waals surface area contributed by atoms with Gasteiger partial charge in [-0.2, -0.15) is 0 Å². The van der Waals surface area contributed by atoms with Gasteiger partial charge >= 0.3 is 0 Å². The molecule has 0 amide bonds. The molecule has 0 aliphatic rings. The van der Waals surface area contributed by atoms with Gasteiger partial charge in [0.2, 0.25) is 0 Å². The minimum absolute atomic E-state index is 0.651. The van der Waals surface area contributed by atoms with Gasteiger partial charge in [-0.15, -0.1) is 0 Å². The number of hydrogen-bond donors (Lipinski definition) is 1. The maximum absolute atomic E-state index is 5.59. The Morgan fingerprint density at radius 2 is 2.06 bits per heavy atom. The van der Waals surface area contributed by atoms with Crippen molar-refractivity contribution in [2.45, 2.75) is 13.5 Å². The summed E-state index contributed by atoms with van der Waals surface area (Å²) >= 11 is 0. The molecule has 0 saturated carbocycles. The second kappa shape index (κ2) is 7.92. The van der Waals surface area contributed by atoms with Crippen LogP contribution in [-0.4, -0.2) is 34.0 Å². The number of ether oxygens (including phenoxy) is 3. The first-order valence-electron chi connectivity index (χ1n) is 5.81. The molecule has 1 aromatic carbocycles. The van der Waals surface area contributed by atoms with Gasteiger partial charge in [0.25, 0.3) is 0 Å². The van der Waals surface area contributed by atoms with Crippen LogP contribution in [0.15, 0.2) is 18.2 Å². The lowest BCUT2D eigenvalue weighted by Gasteiger charge is -2.12. The number of nitrogens with one attached hydrogen (secondary N) is 1. The zero-order valence-electron chi connectivity index (χ0n) is 10.8. The lowest BCUT2D eigenvalue weighted by Crippen LogP contribution is -2.19. The summed E-state index contributed by atoms with van der Waals surface area (Å²) < 4.78 is 15.7. The minimum atomic E-state index is 0.651. The van der Waals surface area contributed by atoms with E-state index in [1.54, 1.807) is 14.2 Å². The molecular weight excluding hydrogens is 218 g/mol. The number of methoxy groups -OCH3 is 2. The molecule has 1 rings (SSSR count). The minimum Gasteiger partial charge on any atom is -0.497 e. The molecule has 1 N–H and O–H groups in total. The van der Waals surface area contributed by atoms with Crippen molar-refractivity contribution in [3.63, 3.8) is 0 Å². The van der Waals surface area contributed by atoms with E-state index in [-0.39, 0.29) is 0 Å². The van der Waals surface area contributed by atoms with Gasteiger partial charge in [0, 0.05) is 31.8 Å². The fraction of sp³-hybridized carbons (Fsp3) is 0.538. The molecular formula is C13H21NO3. The van der Waals surface area contributed by atoms with Gasteiger partial charge < -0.3 is 19.5 Å². The first kappa shape index (κ1) is 13.8. The lowest BCUT2D eigenvalue weighted by molar-refractivity contribution is 0.199. The van der Waals surface area contributed by atoms with Crippen LogP contribution in [0.3, 0.4) is 0 Å². The van der Waals surface area contributed by atoms with E-state index in [1.807, 2.05) is 25.1 Å². The van der Waals surface area contributed by atoms with E-state index in [9.17, 15) is 0 Å². The van der Waals surface area contributed by atoms with Crippen molar-refractivity contribution in [2.24, 2.45) is 0 Å². The van der Waals surface area contributed by atoms with Gasteiger partial charge in [0.1, 0.15) is 11.5 Å². The molecule has 96 valence electrons. The first-order chi connectivity index (χ1) is 8.31. The fourth-order valence-electron chi connectivity index (χ4n) is 1.50. The number of hydrogen-bond acceptors (Lipinski definition) is 4. The van der Waals surface area contributed by atoms with Crippen molar-refractivity contribution in [2.75, 3.05) is 34.0 Å². The molecule has 0 spiro atoms. The Bertz CT molecular complexity index is 328. The van der Waals surface area contributed by atoms with Gasteiger partial charge in [-0.25, -0.2) is 0 Å². The molecule has 0 radical (unpaired) electrons. The maximum atomic E-state index is 5.59. The van der Waals surface area contributed by atoms with E-state index >= 15 is 0 Å². The van der Waals surface area contributed by atoms with Gasteiger partial charge in [0.15, 0.2) is 0 Å². The Hall–Kier alpha value is -1.26. The molecule has 4 heteroatoms. The summed E-state index contributed by atoms with van der Waals surface area (Å²) in [5, 5.41) is 3.29. The van der Waals surface area contributed by atoms with Crippen LogP contribution in [-0.2, 0) is 11.3 Å². The average molecular weight is 239 g/mol. The molecule has 0 fully saturated rings. The van der Waals surface area contributed by atoms with Crippen molar-refractivity contribution in [1.29, 1.82) is 0 Å². The standard InChI is InChI=1S/C13H21NO3/c1-4-17-13-9-12(16-3)6-5-11(13)10-14-7-8-15-2/h5-6,9,14H,4,7-8,10H2,1-3H3. The van der Waals surface area contributed by atoms with E-state index in [0.717, 1.165) is 30.2 Å². The largest absolute Gasteiger partial charge is 0.497 e. The Morgan fingerprint density at radius 3 is 2.71 bits per heavy atom. The Labute approximate surface area is 103 Å². The van der Waals surface area contributed by atoms with Crippen LogP contribution >= 0.6 is 0 Å². The third-order valence-electron chi connectivity index (χ3n) is 2.37. The van der Waals surface area contributed by atoms with E-state index in [2.05, 4.69) is 5.32 Å². The SMILES string of the molecule is CCOc1cc(OC)ccc1CNCCOC. The molecule has 0 heterocycles. The maximum Gasteiger partial charge on any atom is 0.127 e. The molecule has 0 saturated heterocycles. The van der Waals surface area contributed by atoms with Gasteiger partial charge in [-0.1, -0.05) is 6.07 Å². The summed E-state index contributed by atoms with van der Waals surface area (Å²) in [4.78, 5) is 0. The van der Waals surface area contributed by atoms with Crippen LogP contribution in [0.25, 0.3) is 0 Å². The third-order valence-corrected chi connectivity index (χ3v) is 2.37. The van der Waals surface area contributed by atoms with Gasteiger partial charge in [-0.05, 0) is 13.0 Å². The van der Waals surface area contributed by atoms with Gasteiger partial charge in [0.05, 0.1) is 20.3 Å². The molecule has 0 unspecified atom stereocenters. The molecule has 0 aliphatic heterocycles. The smallest absolute Gasteiger partial charge is 0.127 e. The molecule has 0 aromatic heterocycles. The number of benzene rings is 1. The quantitative estimate of drug-likeness (QED) is 0.703. The topological polar surface area (TPSA) is 39.7 Å². The fourth-order valence-corrected chi connectivity index (χ4v) is 1.50. The van der Waals surface area contributed by atoms with Crippen LogP contribution in [0.4, 0.5) is 0 Å². The predicted molar refractivity (Wildman–Crippen MR) is 67.7 cm³/mol. The monoisotopic (exact) mass is 239 g/mol. The molecule has 1 aromatic rings. The second-order valence-electron chi connectivity index (χ2n) is 3.58. The van der Waals surface area contributed by atoms with Crippen LogP contribution in [0.1, 0.15) is 12.5 Å². The Balaban J connectivity index is 2.62. The Morgan fingerprint density at radius 1 is 1.24 bits per heavy atom. The van der Waals surface area contributed by atoms with Crippen molar-refractivity contribution in [3.05, 3.63) is 23.8 Å². The lowest BCUT2D eigenvalue weighted by atomic mass is 10.2. The highest BCUT2D eigenvalue weighted by molar-refractivity contribution is 5.40. The zero-order chi connectivity index (χ0) is 12.5. The summed E-state index contributed by atoms with van der Waals surface area (Å²) in [6, 6.07) is 5.87. The van der Waals surface area contributed by atoms with E-state index in [1.165, 1.54) is 0 Å². The van der Waals surface area contributed by atoms with Crippen molar-refractivity contribution < 1.29 is 14.2 Å². The average Bonchev–Trinajstić information content (AvgIpc) is 2.36. The summed E-state index contributed by atoms with van der Waals surface area (Å²) in [5.41, 5.74) is 1.13. The van der Waals surface area contributed by atoms with E-state index in [4.69, 9.17) is 14.2 Å². The second-order valence-corrected chi connectivity index (χ2v) is 3.58. The number of rotatable bonds is 8. The third kappa shape index (κ3) is 4.63. The molecule has 4 nitrogen and oxygen atoms in total. The molecule has 0 aliphatic carbocycles.